The molecule has 1 amide bonds. The van der Waals surface area contributed by atoms with Gasteiger partial charge in [0.1, 0.15) is 0 Å². The number of hydrogen-bond donors (Lipinski definition) is 0. The molecule has 2 nitrogen and oxygen atoms in total. The number of hydrogen-bond acceptors (Lipinski definition) is 1. The van der Waals surface area contributed by atoms with Gasteiger partial charge in [-0.25, -0.2) is 0 Å². The molecule has 0 radical (unpaired) electrons. The molecule has 0 N–H and O–H groups in total. The molecule has 0 spiro atoms. The molecule has 0 aliphatic rings. The van der Waals surface area contributed by atoms with E-state index in [0.717, 1.165) is 22.3 Å². The molecule has 3 heteroatoms. The number of nitrogens with zero attached hydrogens (tertiary/aromatic N) is 1. The van der Waals surface area contributed by atoms with Gasteiger partial charge >= 0.3 is 5.37 Å². The first-order chi connectivity index (χ1) is 10.1. The number of halogens is 1. The molecule has 0 fully saturated rings. The molecule has 108 valence electrons. The SMILES string of the molecule is C=C(C)c1ccccc1CN(Cc1ccccc1)C(=O)Cl. The minimum atomic E-state index is -0.449. The van der Waals surface area contributed by atoms with Gasteiger partial charge in [0.25, 0.3) is 0 Å². The fourth-order valence-corrected chi connectivity index (χ4v) is 2.38. The zero-order chi connectivity index (χ0) is 15.2. The number of allylic oxidation sites excluding steroid dienone is 1. The van der Waals surface area contributed by atoms with E-state index in [4.69, 9.17) is 11.6 Å². The van der Waals surface area contributed by atoms with Crippen LogP contribution in [-0.4, -0.2) is 10.3 Å². The van der Waals surface area contributed by atoms with Crippen molar-refractivity contribution in [2.75, 3.05) is 0 Å². The van der Waals surface area contributed by atoms with Gasteiger partial charge in [0.05, 0.1) is 0 Å². The minimum Gasteiger partial charge on any atom is -0.321 e. The third kappa shape index (κ3) is 4.20. The quantitative estimate of drug-likeness (QED) is 0.557. The van der Waals surface area contributed by atoms with E-state index in [9.17, 15) is 4.79 Å². The van der Waals surface area contributed by atoms with Crippen molar-refractivity contribution in [3.8, 4) is 0 Å². The molecule has 21 heavy (non-hydrogen) atoms. The lowest BCUT2D eigenvalue weighted by Gasteiger charge is -2.21. The molecule has 0 aliphatic heterocycles. The Bertz CT molecular complexity index is 637. The van der Waals surface area contributed by atoms with Crippen LogP contribution >= 0.6 is 11.6 Å². The fourth-order valence-electron chi connectivity index (χ4n) is 2.26. The molecular formula is C18H18ClNO. The highest BCUT2D eigenvalue weighted by Gasteiger charge is 2.14. The van der Waals surface area contributed by atoms with E-state index in [1.54, 1.807) is 4.90 Å². The number of rotatable bonds is 5. The molecule has 0 atom stereocenters. The highest BCUT2D eigenvalue weighted by molar-refractivity contribution is 6.62. The highest BCUT2D eigenvalue weighted by Crippen LogP contribution is 2.20. The van der Waals surface area contributed by atoms with Crippen molar-refractivity contribution >= 4 is 22.5 Å². The highest BCUT2D eigenvalue weighted by atomic mass is 35.5. The van der Waals surface area contributed by atoms with Crippen LogP contribution in [0.3, 0.4) is 0 Å². The number of benzene rings is 2. The summed E-state index contributed by atoms with van der Waals surface area (Å²) in [5.74, 6) is 0. The Morgan fingerprint density at radius 1 is 1.05 bits per heavy atom. The largest absolute Gasteiger partial charge is 0.321 e. The number of carbonyl (C=O) groups is 1. The number of amides is 1. The van der Waals surface area contributed by atoms with E-state index < -0.39 is 5.37 Å². The molecular weight excluding hydrogens is 282 g/mol. The average Bonchev–Trinajstić information content (AvgIpc) is 2.48. The molecule has 0 unspecified atom stereocenters. The lowest BCUT2D eigenvalue weighted by atomic mass is 10.0. The molecule has 2 rings (SSSR count). The summed E-state index contributed by atoms with van der Waals surface area (Å²) in [7, 11) is 0. The zero-order valence-electron chi connectivity index (χ0n) is 12.1. The Hall–Kier alpha value is -2.06. The van der Waals surface area contributed by atoms with E-state index in [0.29, 0.717) is 13.1 Å². The monoisotopic (exact) mass is 299 g/mol. The topological polar surface area (TPSA) is 20.3 Å². The van der Waals surface area contributed by atoms with Crippen LogP contribution in [0.1, 0.15) is 23.6 Å². The Balaban J connectivity index is 2.21. The van der Waals surface area contributed by atoms with Gasteiger partial charge in [-0.05, 0) is 35.2 Å². The summed E-state index contributed by atoms with van der Waals surface area (Å²) in [6, 6.07) is 17.8. The molecule has 2 aromatic carbocycles. The van der Waals surface area contributed by atoms with E-state index in [1.165, 1.54) is 0 Å². The second-order valence-corrected chi connectivity index (χ2v) is 5.36. The van der Waals surface area contributed by atoms with Gasteiger partial charge in [0.2, 0.25) is 0 Å². The van der Waals surface area contributed by atoms with Gasteiger partial charge in [-0.2, -0.15) is 0 Å². The van der Waals surface area contributed by atoms with Crippen molar-refractivity contribution in [2.45, 2.75) is 20.0 Å². The van der Waals surface area contributed by atoms with Crippen molar-refractivity contribution in [1.82, 2.24) is 4.90 Å². The molecule has 0 aliphatic carbocycles. The summed E-state index contributed by atoms with van der Waals surface area (Å²) in [6.07, 6.45) is 0. The summed E-state index contributed by atoms with van der Waals surface area (Å²) in [4.78, 5) is 13.3. The van der Waals surface area contributed by atoms with Crippen LogP contribution in [0.4, 0.5) is 4.79 Å². The predicted octanol–water partition coefficient (Wildman–Crippen LogP) is 5.08. The Morgan fingerprint density at radius 3 is 2.29 bits per heavy atom. The Labute approximate surface area is 130 Å². The molecule has 0 heterocycles. The maximum atomic E-state index is 11.7. The van der Waals surface area contributed by atoms with E-state index in [-0.39, 0.29) is 0 Å². The molecule has 0 saturated carbocycles. The van der Waals surface area contributed by atoms with Gasteiger partial charge in [0, 0.05) is 13.1 Å². The number of carbonyl (C=O) groups excluding carboxylic acids is 1. The van der Waals surface area contributed by atoms with Gasteiger partial charge in [-0.15, -0.1) is 0 Å². The van der Waals surface area contributed by atoms with Crippen LogP contribution in [-0.2, 0) is 13.1 Å². The maximum Gasteiger partial charge on any atom is 0.316 e. The van der Waals surface area contributed by atoms with Crippen LogP contribution < -0.4 is 0 Å². The third-order valence-electron chi connectivity index (χ3n) is 3.30. The third-order valence-corrected chi connectivity index (χ3v) is 3.54. The summed E-state index contributed by atoms with van der Waals surface area (Å²) in [5.41, 5.74) is 4.15. The molecule has 0 aromatic heterocycles. The summed E-state index contributed by atoms with van der Waals surface area (Å²) >= 11 is 5.74. The van der Waals surface area contributed by atoms with Gasteiger partial charge in [0.15, 0.2) is 0 Å². The molecule has 0 saturated heterocycles. The van der Waals surface area contributed by atoms with Crippen molar-refractivity contribution < 1.29 is 4.79 Å². The second kappa shape index (κ2) is 7.09. The molecule has 0 bridgehead atoms. The van der Waals surface area contributed by atoms with Crippen molar-refractivity contribution in [3.05, 3.63) is 77.9 Å². The van der Waals surface area contributed by atoms with Crippen LogP contribution in [0.15, 0.2) is 61.2 Å². The maximum absolute atomic E-state index is 11.7. The minimum absolute atomic E-state index is 0.449. The normalized spacial score (nSPS) is 10.2. The van der Waals surface area contributed by atoms with Crippen LogP contribution in [0.2, 0.25) is 0 Å². The average molecular weight is 300 g/mol. The van der Waals surface area contributed by atoms with Crippen molar-refractivity contribution in [3.63, 3.8) is 0 Å². The van der Waals surface area contributed by atoms with Gasteiger partial charge in [-0.3, -0.25) is 4.79 Å². The zero-order valence-corrected chi connectivity index (χ0v) is 12.8. The second-order valence-electron chi connectivity index (χ2n) is 5.03. The van der Waals surface area contributed by atoms with Crippen LogP contribution in [0.25, 0.3) is 5.57 Å². The Morgan fingerprint density at radius 2 is 1.67 bits per heavy atom. The lowest BCUT2D eigenvalue weighted by molar-refractivity contribution is 0.216. The summed E-state index contributed by atoms with van der Waals surface area (Å²) in [5, 5.41) is -0.449. The summed E-state index contributed by atoms with van der Waals surface area (Å²) in [6.45, 7) is 6.91. The van der Waals surface area contributed by atoms with E-state index in [1.807, 2.05) is 61.5 Å². The molecule has 2 aromatic rings. The standard InChI is InChI=1S/C18H18ClNO/c1-14(2)17-11-7-6-10-16(17)13-20(18(19)21)12-15-8-4-3-5-9-15/h3-11H,1,12-13H2,2H3. The van der Waals surface area contributed by atoms with Gasteiger partial charge in [-0.1, -0.05) is 66.7 Å². The Kier molecular flexibility index (Phi) is 5.18. The van der Waals surface area contributed by atoms with E-state index in [2.05, 4.69) is 6.58 Å². The smallest absolute Gasteiger partial charge is 0.316 e. The first kappa shape index (κ1) is 15.3. The first-order valence-corrected chi connectivity index (χ1v) is 7.18. The van der Waals surface area contributed by atoms with Crippen LogP contribution in [0.5, 0.6) is 0 Å². The van der Waals surface area contributed by atoms with Crippen LogP contribution in [0, 0.1) is 0 Å². The van der Waals surface area contributed by atoms with Crippen molar-refractivity contribution in [1.29, 1.82) is 0 Å². The van der Waals surface area contributed by atoms with E-state index >= 15 is 0 Å². The first-order valence-electron chi connectivity index (χ1n) is 6.80. The lowest BCUT2D eigenvalue weighted by Crippen LogP contribution is -2.25. The predicted molar refractivity (Wildman–Crippen MR) is 88.1 cm³/mol. The van der Waals surface area contributed by atoms with Gasteiger partial charge < -0.3 is 4.90 Å². The summed E-state index contributed by atoms with van der Waals surface area (Å²) < 4.78 is 0. The van der Waals surface area contributed by atoms with Crippen molar-refractivity contribution in [2.24, 2.45) is 0 Å². The fraction of sp³-hybridized carbons (Fsp3) is 0.167.